The SMILES string of the molecule is CN(Cc1cccc(F)c1)C(=O)CSc1nc2ccccc2s1. The number of carbonyl (C=O) groups excluding carboxylic acids is 1. The first kappa shape index (κ1) is 16.0. The maximum absolute atomic E-state index is 13.2. The quantitative estimate of drug-likeness (QED) is 0.650. The van der Waals surface area contributed by atoms with Crippen molar-refractivity contribution < 1.29 is 9.18 Å². The number of rotatable bonds is 5. The smallest absolute Gasteiger partial charge is 0.233 e. The lowest BCUT2D eigenvalue weighted by atomic mass is 10.2. The number of carbonyl (C=O) groups is 1. The predicted molar refractivity (Wildman–Crippen MR) is 93.2 cm³/mol. The first-order valence-corrected chi connectivity index (χ1v) is 8.89. The molecule has 0 radical (unpaired) electrons. The molecule has 0 saturated heterocycles. The normalized spacial score (nSPS) is 10.9. The number of fused-ring (bicyclic) bond motifs is 1. The summed E-state index contributed by atoms with van der Waals surface area (Å²) in [6, 6.07) is 14.2. The molecule has 1 heterocycles. The number of nitrogens with zero attached hydrogens (tertiary/aromatic N) is 2. The Balaban J connectivity index is 1.58. The van der Waals surface area contributed by atoms with Crippen molar-refractivity contribution in [2.45, 2.75) is 10.9 Å². The van der Waals surface area contributed by atoms with Gasteiger partial charge in [-0.1, -0.05) is 36.0 Å². The average molecular weight is 346 g/mol. The van der Waals surface area contributed by atoms with Crippen LogP contribution in [0.4, 0.5) is 4.39 Å². The lowest BCUT2D eigenvalue weighted by molar-refractivity contribution is -0.127. The van der Waals surface area contributed by atoms with Gasteiger partial charge in [0.2, 0.25) is 5.91 Å². The summed E-state index contributed by atoms with van der Waals surface area (Å²) < 4.78 is 15.2. The van der Waals surface area contributed by atoms with Crippen molar-refractivity contribution in [2.24, 2.45) is 0 Å². The van der Waals surface area contributed by atoms with E-state index < -0.39 is 0 Å². The van der Waals surface area contributed by atoms with E-state index in [1.54, 1.807) is 29.4 Å². The standard InChI is InChI=1S/C17H15FN2OS2/c1-20(10-12-5-4-6-13(18)9-12)16(21)11-22-17-19-14-7-2-3-8-15(14)23-17/h2-9H,10-11H2,1H3. The van der Waals surface area contributed by atoms with Crippen molar-refractivity contribution in [3.05, 3.63) is 59.9 Å². The highest BCUT2D eigenvalue weighted by Gasteiger charge is 2.12. The second kappa shape index (κ2) is 7.10. The molecule has 0 aliphatic heterocycles. The monoisotopic (exact) mass is 346 g/mol. The zero-order valence-corrected chi connectivity index (χ0v) is 14.2. The molecular weight excluding hydrogens is 331 g/mol. The van der Waals surface area contributed by atoms with E-state index in [0.29, 0.717) is 12.3 Å². The highest BCUT2D eigenvalue weighted by Crippen LogP contribution is 2.29. The molecule has 3 aromatic rings. The second-order valence-electron chi connectivity index (χ2n) is 5.12. The third-order valence-electron chi connectivity index (χ3n) is 3.33. The third kappa shape index (κ3) is 4.09. The van der Waals surface area contributed by atoms with Gasteiger partial charge in [-0.25, -0.2) is 9.37 Å². The van der Waals surface area contributed by atoms with E-state index in [1.165, 1.54) is 23.9 Å². The molecule has 3 rings (SSSR count). The van der Waals surface area contributed by atoms with E-state index in [9.17, 15) is 9.18 Å². The van der Waals surface area contributed by atoms with E-state index in [1.807, 2.05) is 30.3 Å². The summed E-state index contributed by atoms with van der Waals surface area (Å²) in [7, 11) is 1.73. The summed E-state index contributed by atoms with van der Waals surface area (Å²) >= 11 is 3.03. The molecule has 1 aromatic heterocycles. The molecule has 118 valence electrons. The Morgan fingerprint density at radius 3 is 2.87 bits per heavy atom. The Bertz CT molecular complexity index is 801. The number of hydrogen-bond donors (Lipinski definition) is 0. The van der Waals surface area contributed by atoms with Crippen molar-refractivity contribution >= 4 is 39.2 Å². The van der Waals surface area contributed by atoms with Crippen LogP contribution in [0, 0.1) is 5.82 Å². The number of benzene rings is 2. The van der Waals surface area contributed by atoms with Crippen LogP contribution in [0.1, 0.15) is 5.56 Å². The molecule has 3 nitrogen and oxygen atoms in total. The van der Waals surface area contributed by atoms with Crippen LogP contribution in [-0.2, 0) is 11.3 Å². The Morgan fingerprint density at radius 1 is 1.26 bits per heavy atom. The minimum atomic E-state index is -0.285. The average Bonchev–Trinajstić information content (AvgIpc) is 2.95. The number of thioether (sulfide) groups is 1. The van der Waals surface area contributed by atoms with Crippen molar-refractivity contribution in [1.29, 1.82) is 0 Å². The van der Waals surface area contributed by atoms with Crippen LogP contribution in [0.2, 0.25) is 0 Å². The molecule has 6 heteroatoms. The molecule has 0 atom stereocenters. The van der Waals surface area contributed by atoms with Crippen molar-refractivity contribution in [1.82, 2.24) is 9.88 Å². The Labute approximate surface area is 142 Å². The zero-order valence-electron chi connectivity index (χ0n) is 12.5. The molecule has 0 aliphatic carbocycles. The summed E-state index contributed by atoms with van der Waals surface area (Å²) in [6.45, 7) is 0.400. The molecular formula is C17H15FN2OS2. The summed E-state index contributed by atoms with van der Waals surface area (Å²) in [4.78, 5) is 18.3. The van der Waals surface area contributed by atoms with Crippen LogP contribution in [0.15, 0.2) is 52.9 Å². The van der Waals surface area contributed by atoms with E-state index >= 15 is 0 Å². The number of aromatic nitrogens is 1. The van der Waals surface area contributed by atoms with Crippen LogP contribution in [0.25, 0.3) is 10.2 Å². The predicted octanol–water partition coefficient (Wildman–Crippen LogP) is 4.19. The maximum Gasteiger partial charge on any atom is 0.233 e. The molecule has 2 aromatic carbocycles. The minimum absolute atomic E-state index is 0.00137. The van der Waals surface area contributed by atoms with Gasteiger partial charge in [0, 0.05) is 13.6 Å². The molecule has 0 unspecified atom stereocenters. The summed E-state index contributed by atoms with van der Waals surface area (Å²) in [5, 5.41) is 0. The van der Waals surface area contributed by atoms with Crippen LogP contribution in [-0.4, -0.2) is 28.6 Å². The van der Waals surface area contributed by atoms with E-state index in [0.717, 1.165) is 20.1 Å². The highest BCUT2D eigenvalue weighted by molar-refractivity contribution is 8.01. The summed E-state index contributed by atoms with van der Waals surface area (Å²) in [5.41, 5.74) is 1.74. The first-order chi connectivity index (χ1) is 11.1. The Morgan fingerprint density at radius 2 is 2.09 bits per heavy atom. The Kier molecular flexibility index (Phi) is 4.93. The topological polar surface area (TPSA) is 33.2 Å². The van der Waals surface area contributed by atoms with E-state index in [2.05, 4.69) is 4.98 Å². The fraction of sp³-hybridized carbons (Fsp3) is 0.176. The molecule has 0 N–H and O–H groups in total. The van der Waals surface area contributed by atoms with Gasteiger partial charge in [0.05, 0.1) is 16.0 Å². The number of amides is 1. The van der Waals surface area contributed by atoms with Crippen LogP contribution < -0.4 is 0 Å². The molecule has 23 heavy (non-hydrogen) atoms. The molecule has 0 fully saturated rings. The van der Waals surface area contributed by atoms with E-state index in [4.69, 9.17) is 0 Å². The lowest BCUT2D eigenvalue weighted by Gasteiger charge is -2.16. The fourth-order valence-corrected chi connectivity index (χ4v) is 4.15. The molecule has 0 bridgehead atoms. The molecule has 0 aliphatic rings. The van der Waals surface area contributed by atoms with Gasteiger partial charge >= 0.3 is 0 Å². The fourth-order valence-electron chi connectivity index (χ4n) is 2.14. The maximum atomic E-state index is 13.2. The minimum Gasteiger partial charge on any atom is -0.341 e. The summed E-state index contributed by atoms with van der Waals surface area (Å²) in [5.74, 6) is 0.0387. The largest absolute Gasteiger partial charge is 0.341 e. The van der Waals surface area contributed by atoms with Gasteiger partial charge < -0.3 is 4.90 Å². The number of halogens is 1. The van der Waals surface area contributed by atoms with Gasteiger partial charge in [-0.2, -0.15) is 0 Å². The van der Waals surface area contributed by atoms with Gasteiger partial charge in [0.1, 0.15) is 5.82 Å². The second-order valence-corrected chi connectivity index (χ2v) is 7.37. The van der Waals surface area contributed by atoms with Gasteiger partial charge in [-0.05, 0) is 29.8 Å². The van der Waals surface area contributed by atoms with Crippen molar-refractivity contribution in [3.8, 4) is 0 Å². The van der Waals surface area contributed by atoms with E-state index in [-0.39, 0.29) is 11.7 Å². The number of para-hydroxylation sites is 1. The van der Waals surface area contributed by atoms with Gasteiger partial charge in [0.15, 0.2) is 4.34 Å². The molecule has 0 saturated carbocycles. The van der Waals surface area contributed by atoms with Crippen molar-refractivity contribution in [3.63, 3.8) is 0 Å². The van der Waals surface area contributed by atoms with Gasteiger partial charge in [-0.3, -0.25) is 4.79 Å². The summed E-state index contributed by atoms with van der Waals surface area (Å²) in [6.07, 6.45) is 0. The van der Waals surface area contributed by atoms with Crippen LogP contribution >= 0.6 is 23.1 Å². The van der Waals surface area contributed by atoms with Gasteiger partial charge in [-0.15, -0.1) is 11.3 Å². The molecule has 1 amide bonds. The van der Waals surface area contributed by atoms with Crippen LogP contribution in [0.3, 0.4) is 0 Å². The zero-order chi connectivity index (χ0) is 16.2. The first-order valence-electron chi connectivity index (χ1n) is 7.08. The third-order valence-corrected chi connectivity index (χ3v) is 5.49. The molecule has 0 spiro atoms. The van der Waals surface area contributed by atoms with Crippen molar-refractivity contribution in [2.75, 3.05) is 12.8 Å². The van der Waals surface area contributed by atoms with Crippen LogP contribution in [0.5, 0.6) is 0 Å². The number of thiazole rings is 1. The Hall–Kier alpha value is -1.92. The van der Waals surface area contributed by atoms with Gasteiger partial charge in [0.25, 0.3) is 0 Å². The lowest BCUT2D eigenvalue weighted by Crippen LogP contribution is -2.27. The number of hydrogen-bond acceptors (Lipinski definition) is 4. The highest BCUT2D eigenvalue weighted by atomic mass is 32.2.